The third-order valence-electron chi connectivity index (χ3n) is 7.94. The van der Waals surface area contributed by atoms with Crippen molar-refractivity contribution < 1.29 is 4.79 Å². The van der Waals surface area contributed by atoms with Gasteiger partial charge in [-0.25, -0.2) is 0 Å². The summed E-state index contributed by atoms with van der Waals surface area (Å²) in [5, 5.41) is 8.61. The summed E-state index contributed by atoms with van der Waals surface area (Å²) in [6.45, 7) is 17.4. The first kappa shape index (κ1) is 24.2. The lowest BCUT2D eigenvalue weighted by Gasteiger charge is -2.54. The van der Waals surface area contributed by atoms with Crippen LogP contribution in [0, 0.1) is 24.7 Å². The molecule has 1 spiro atoms. The monoisotopic (exact) mass is 431 g/mol. The average Bonchev–Trinajstić information content (AvgIpc) is 2.89. The number of aromatic nitrogens is 2. The van der Waals surface area contributed by atoms with E-state index in [4.69, 9.17) is 5.10 Å². The molecule has 6 heteroatoms. The summed E-state index contributed by atoms with van der Waals surface area (Å²) in [4.78, 5) is 16.2. The minimum absolute atomic E-state index is 0.0214. The molecule has 0 amide bonds. The summed E-state index contributed by atoms with van der Waals surface area (Å²) in [6, 6.07) is 0.556. The molecule has 2 saturated heterocycles. The third kappa shape index (κ3) is 4.43. The SMILES string of the molecule is CC.Cc1c(N2CCC(CC=O)(CN(C)C)CC2(C)C)nn(C2CC3(CNC3)C2)c1C. The van der Waals surface area contributed by atoms with Gasteiger partial charge in [-0.2, -0.15) is 5.10 Å². The van der Waals surface area contributed by atoms with Gasteiger partial charge in [0.1, 0.15) is 6.29 Å². The molecule has 4 rings (SSSR count). The van der Waals surface area contributed by atoms with Crippen LogP contribution in [0.1, 0.15) is 77.1 Å². The second-order valence-corrected chi connectivity index (χ2v) is 11.1. The van der Waals surface area contributed by atoms with Gasteiger partial charge in [-0.15, -0.1) is 0 Å². The molecule has 1 N–H and O–H groups in total. The lowest BCUT2D eigenvalue weighted by molar-refractivity contribution is -0.110. The lowest BCUT2D eigenvalue weighted by Crippen LogP contribution is -2.60. The predicted molar refractivity (Wildman–Crippen MR) is 129 cm³/mol. The van der Waals surface area contributed by atoms with Gasteiger partial charge < -0.3 is 19.9 Å². The van der Waals surface area contributed by atoms with Crippen molar-refractivity contribution in [1.29, 1.82) is 0 Å². The Kier molecular flexibility index (Phi) is 6.93. The first-order chi connectivity index (χ1) is 14.6. The largest absolute Gasteiger partial charge is 0.350 e. The number of piperidine rings is 1. The Morgan fingerprint density at radius 2 is 1.84 bits per heavy atom. The molecule has 3 aliphatic rings. The number of carbonyl (C=O) groups is 1. The van der Waals surface area contributed by atoms with Gasteiger partial charge in [-0.3, -0.25) is 4.68 Å². The maximum atomic E-state index is 11.5. The van der Waals surface area contributed by atoms with Gasteiger partial charge in [0.15, 0.2) is 5.82 Å². The van der Waals surface area contributed by atoms with Crippen LogP contribution in [0.5, 0.6) is 0 Å². The first-order valence-corrected chi connectivity index (χ1v) is 12.2. The lowest BCUT2D eigenvalue weighted by atomic mass is 9.61. The van der Waals surface area contributed by atoms with Gasteiger partial charge in [0.25, 0.3) is 0 Å². The maximum absolute atomic E-state index is 11.5. The topological polar surface area (TPSA) is 53.4 Å². The van der Waals surface area contributed by atoms with E-state index in [9.17, 15) is 4.79 Å². The second-order valence-electron chi connectivity index (χ2n) is 11.1. The van der Waals surface area contributed by atoms with Crippen molar-refractivity contribution in [3.05, 3.63) is 11.3 Å². The summed E-state index contributed by atoms with van der Waals surface area (Å²) >= 11 is 0. The van der Waals surface area contributed by atoms with Crippen LogP contribution in [0.4, 0.5) is 5.82 Å². The minimum atomic E-state index is -0.0214. The van der Waals surface area contributed by atoms with E-state index in [1.54, 1.807) is 0 Å². The van der Waals surface area contributed by atoms with E-state index < -0.39 is 0 Å². The van der Waals surface area contributed by atoms with Gasteiger partial charge >= 0.3 is 0 Å². The Balaban J connectivity index is 0.00000132. The van der Waals surface area contributed by atoms with Crippen molar-refractivity contribution in [1.82, 2.24) is 20.0 Å². The molecule has 3 heterocycles. The average molecular weight is 432 g/mol. The number of anilines is 1. The Labute approximate surface area is 189 Å². The molecule has 0 aromatic carbocycles. The van der Waals surface area contributed by atoms with E-state index in [2.05, 4.69) is 61.6 Å². The van der Waals surface area contributed by atoms with Crippen molar-refractivity contribution in [2.24, 2.45) is 10.8 Å². The summed E-state index contributed by atoms with van der Waals surface area (Å²) in [7, 11) is 4.23. The number of nitrogens with one attached hydrogen (secondary N) is 1. The molecule has 1 saturated carbocycles. The molecule has 2 aliphatic heterocycles. The van der Waals surface area contributed by atoms with Crippen molar-refractivity contribution in [3.8, 4) is 0 Å². The van der Waals surface area contributed by atoms with Crippen LogP contribution in [0.2, 0.25) is 0 Å². The fourth-order valence-corrected chi connectivity index (χ4v) is 6.44. The van der Waals surface area contributed by atoms with Crippen LogP contribution in [0.3, 0.4) is 0 Å². The van der Waals surface area contributed by atoms with Crippen LogP contribution < -0.4 is 10.2 Å². The maximum Gasteiger partial charge on any atom is 0.154 e. The Bertz CT molecular complexity index is 771. The van der Waals surface area contributed by atoms with Crippen molar-refractivity contribution in [3.63, 3.8) is 0 Å². The van der Waals surface area contributed by atoms with Crippen molar-refractivity contribution in [2.75, 3.05) is 45.2 Å². The standard InChI is InChI=1S/C23H39N5O.C2H6/c1-17-18(2)28(19-11-23(12-19)14-24-15-23)25-20(17)27-9-7-22(8-10-29,16-26(5)6)13-21(27,3)4;1-2/h10,19,24H,7-9,11-16H2,1-6H3;1-2H3. The highest BCUT2D eigenvalue weighted by atomic mass is 16.1. The molecule has 1 aliphatic carbocycles. The molecular weight excluding hydrogens is 386 g/mol. The molecule has 31 heavy (non-hydrogen) atoms. The number of hydrogen-bond acceptors (Lipinski definition) is 5. The summed E-state index contributed by atoms with van der Waals surface area (Å²) in [6.07, 6.45) is 6.34. The molecule has 0 radical (unpaired) electrons. The Hall–Kier alpha value is -1.40. The fourth-order valence-electron chi connectivity index (χ4n) is 6.44. The van der Waals surface area contributed by atoms with Gasteiger partial charge in [-0.05, 0) is 78.3 Å². The van der Waals surface area contributed by atoms with Crippen LogP contribution >= 0.6 is 0 Å². The third-order valence-corrected chi connectivity index (χ3v) is 7.94. The normalized spacial score (nSPS) is 26.8. The molecule has 1 aromatic rings. The van der Waals surface area contributed by atoms with Crippen LogP contribution in [0.25, 0.3) is 0 Å². The number of rotatable bonds is 6. The Morgan fingerprint density at radius 1 is 1.19 bits per heavy atom. The Morgan fingerprint density at radius 3 is 2.32 bits per heavy atom. The predicted octanol–water partition coefficient (Wildman–Crippen LogP) is 3.97. The molecule has 1 aromatic heterocycles. The van der Waals surface area contributed by atoms with E-state index in [0.717, 1.165) is 38.0 Å². The summed E-state index contributed by atoms with van der Waals surface area (Å²) in [5.74, 6) is 1.16. The number of hydrogen-bond donors (Lipinski definition) is 1. The van der Waals surface area contributed by atoms with E-state index in [1.807, 2.05) is 13.8 Å². The summed E-state index contributed by atoms with van der Waals surface area (Å²) in [5.41, 5.74) is 3.24. The first-order valence-electron chi connectivity index (χ1n) is 12.2. The number of carbonyl (C=O) groups excluding carboxylic acids is 1. The number of aldehydes is 1. The molecule has 6 nitrogen and oxygen atoms in total. The zero-order chi connectivity index (χ0) is 23.0. The van der Waals surface area contributed by atoms with Crippen LogP contribution in [-0.4, -0.2) is 66.8 Å². The van der Waals surface area contributed by atoms with Crippen LogP contribution in [-0.2, 0) is 4.79 Å². The zero-order valence-corrected chi connectivity index (χ0v) is 21.2. The molecule has 1 atom stereocenters. The molecule has 0 bridgehead atoms. The number of nitrogens with zero attached hydrogens (tertiary/aromatic N) is 4. The van der Waals surface area contributed by atoms with Gasteiger partial charge in [-0.1, -0.05) is 13.8 Å². The van der Waals surface area contributed by atoms with Crippen LogP contribution in [0.15, 0.2) is 0 Å². The second kappa shape index (κ2) is 8.86. The van der Waals surface area contributed by atoms with Gasteiger partial charge in [0, 0.05) is 49.4 Å². The highest BCUT2D eigenvalue weighted by molar-refractivity contribution is 5.54. The molecule has 3 fully saturated rings. The highest BCUT2D eigenvalue weighted by Crippen LogP contribution is 2.52. The smallest absolute Gasteiger partial charge is 0.154 e. The van der Waals surface area contributed by atoms with Crippen molar-refractivity contribution in [2.45, 2.75) is 85.2 Å². The van der Waals surface area contributed by atoms with E-state index >= 15 is 0 Å². The quantitative estimate of drug-likeness (QED) is 0.691. The fraction of sp³-hybridized carbons (Fsp3) is 0.840. The molecule has 176 valence electrons. The van der Waals surface area contributed by atoms with Gasteiger partial charge in [0.2, 0.25) is 0 Å². The molecular formula is C25H45N5O. The van der Waals surface area contributed by atoms with E-state index in [1.165, 1.54) is 37.2 Å². The van der Waals surface area contributed by atoms with Crippen molar-refractivity contribution >= 4 is 12.1 Å². The minimum Gasteiger partial charge on any atom is -0.350 e. The van der Waals surface area contributed by atoms with E-state index in [0.29, 0.717) is 17.9 Å². The molecule has 1 unspecified atom stereocenters. The summed E-state index contributed by atoms with van der Waals surface area (Å²) < 4.78 is 2.32. The van der Waals surface area contributed by atoms with E-state index in [-0.39, 0.29) is 11.0 Å². The zero-order valence-electron chi connectivity index (χ0n) is 21.2. The highest BCUT2D eigenvalue weighted by Gasteiger charge is 2.50. The van der Waals surface area contributed by atoms with Gasteiger partial charge in [0.05, 0.1) is 6.04 Å².